The van der Waals surface area contributed by atoms with Crippen molar-refractivity contribution in [3.8, 4) is 11.1 Å². The van der Waals surface area contributed by atoms with Gasteiger partial charge in [0.2, 0.25) is 0 Å². The Morgan fingerprint density at radius 3 is 2.90 bits per heavy atom. The van der Waals surface area contributed by atoms with Crippen molar-refractivity contribution in [3.63, 3.8) is 0 Å². The molecule has 1 nitrogen and oxygen atoms in total. The van der Waals surface area contributed by atoms with Crippen molar-refractivity contribution in [3.05, 3.63) is 36.3 Å². The summed E-state index contributed by atoms with van der Waals surface area (Å²) in [5, 5.41) is 0. The summed E-state index contributed by atoms with van der Waals surface area (Å²) in [6, 6.07) is 8.15. The average molecular weight is 132 g/mol. The second kappa shape index (κ2) is 1.87. The van der Waals surface area contributed by atoms with Crippen LogP contribution >= 0.6 is 0 Å². The fourth-order valence-corrected chi connectivity index (χ4v) is 1.17. The fraction of sp³-hybridized carbons (Fsp3) is 0.111. The topological polar surface area (TPSA) is 13.1 Å². The van der Waals surface area contributed by atoms with E-state index in [2.05, 4.69) is 12.1 Å². The molecule has 0 aromatic carbocycles. The molecule has 2 aliphatic rings. The maximum atomic E-state index is 5.20. The molecule has 1 heteroatoms. The Morgan fingerprint density at radius 1 is 1.20 bits per heavy atom. The second-order valence-corrected chi connectivity index (χ2v) is 2.37. The van der Waals surface area contributed by atoms with Gasteiger partial charge in [0.1, 0.15) is 5.76 Å². The summed E-state index contributed by atoms with van der Waals surface area (Å²) >= 11 is 0. The molecule has 50 valence electrons. The molecular formula is C9H8O. The molecule has 0 spiro atoms. The van der Waals surface area contributed by atoms with Gasteiger partial charge in [0, 0.05) is 5.56 Å². The quantitative estimate of drug-likeness (QED) is 0.537. The first-order valence-electron chi connectivity index (χ1n) is 3.31. The highest BCUT2D eigenvalue weighted by atomic mass is 16.3. The molecule has 10 heavy (non-hydrogen) atoms. The van der Waals surface area contributed by atoms with Crippen molar-refractivity contribution < 1.29 is 4.42 Å². The second-order valence-electron chi connectivity index (χ2n) is 2.37. The van der Waals surface area contributed by atoms with Crippen LogP contribution in [0.4, 0.5) is 0 Å². The molecule has 0 saturated heterocycles. The van der Waals surface area contributed by atoms with Gasteiger partial charge in [-0.3, -0.25) is 0 Å². The summed E-state index contributed by atoms with van der Waals surface area (Å²) in [4.78, 5) is 0. The monoisotopic (exact) mass is 132 g/mol. The zero-order valence-electron chi connectivity index (χ0n) is 5.79. The Hall–Kier alpha value is -1.24. The first-order chi connectivity index (χ1) is 4.88. The highest BCUT2D eigenvalue weighted by Gasteiger charge is 2.03. The van der Waals surface area contributed by atoms with E-state index >= 15 is 0 Å². The zero-order chi connectivity index (χ0) is 6.97. The first-order valence-corrected chi connectivity index (χ1v) is 3.31. The van der Waals surface area contributed by atoms with Crippen LogP contribution in [0.5, 0.6) is 0 Å². The largest absolute Gasteiger partial charge is 0.469 e. The maximum absolute atomic E-state index is 5.20. The summed E-state index contributed by atoms with van der Waals surface area (Å²) in [6.07, 6.45) is 1.72. The number of aryl methyl sites for hydroxylation is 1. The summed E-state index contributed by atoms with van der Waals surface area (Å²) in [5.74, 6) is 0.988. The van der Waals surface area contributed by atoms with E-state index in [0.717, 1.165) is 5.76 Å². The van der Waals surface area contributed by atoms with Crippen LogP contribution in [0.3, 0.4) is 0 Å². The van der Waals surface area contributed by atoms with E-state index in [1.54, 1.807) is 6.26 Å². The molecule has 2 rings (SSSR count). The van der Waals surface area contributed by atoms with Crippen LogP contribution in [0, 0.1) is 6.92 Å². The van der Waals surface area contributed by atoms with Crippen molar-refractivity contribution in [1.29, 1.82) is 0 Å². The number of hydrogen-bond donors (Lipinski definition) is 0. The van der Waals surface area contributed by atoms with E-state index in [0.29, 0.717) is 0 Å². The van der Waals surface area contributed by atoms with Gasteiger partial charge in [-0.25, -0.2) is 0 Å². The molecule has 1 aliphatic carbocycles. The van der Waals surface area contributed by atoms with Crippen molar-refractivity contribution in [1.82, 2.24) is 0 Å². The number of hydrogen-bond acceptors (Lipinski definition) is 1. The van der Waals surface area contributed by atoms with Gasteiger partial charge in [-0.05, 0) is 18.6 Å². The summed E-state index contributed by atoms with van der Waals surface area (Å²) in [6.45, 7) is 1.97. The Bertz CT molecular complexity index is 309. The van der Waals surface area contributed by atoms with Crippen LogP contribution in [0.2, 0.25) is 0 Å². The highest BCUT2D eigenvalue weighted by Crippen LogP contribution is 2.25. The molecule has 0 N–H and O–H groups in total. The minimum Gasteiger partial charge on any atom is -0.469 e. The molecule has 1 heterocycles. The molecular weight excluding hydrogens is 124 g/mol. The third-order valence-electron chi connectivity index (χ3n) is 1.72. The number of rotatable bonds is 0. The van der Waals surface area contributed by atoms with Gasteiger partial charge in [0.15, 0.2) is 0 Å². The van der Waals surface area contributed by atoms with Crippen LogP contribution in [-0.4, -0.2) is 0 Å². The predicted octanol–water partition coefficient (Wildman–Crippen LogP) is 2.69. The lowest BCUT2D eigenvalue weighted by Crippen LogP contribution is -1.76. The lowest BCUT2D eigenvalue weighted by Gasteiger charge is -1.99. The van der Waals surface area contributed by atoms with Gasteiger partial charge in [-0.2, -0.15) is 0 Å². The first kappa shape index (κ1) is 5.54. The van der Waals surface area contributed by atoms with E-state index in [4.69, 9.17) is 4.42 Å². The van der Waals surface area contributed by atoms with E-state index in [9.17, 15) is 0 Å². The van der Waals surface area contributed by atoms with Crippen LogP contribution < -0.4 is 0 Å². The predicted molar refractivity (Wildman–Crippen MR) is 40.1 cm³/mol. The van der Waals surface area contributed by atoms with Crippen molar-refractivity contribution in [2.24, 2.45) is 0 Å². The minimum atomic E-state index is 0.988. The fourth-order valence-electron chi connectivity index (χ4n) is 1.17. The molecule has 0 fully saturated rings. The average Bonchev–Trinajstić information content (AvgIpc) is 2.36. The molecule has 0 unspecified atom stereocenters. The molecule has 0 saturated carbocycles. The summed E-state index contributed by atoms with van der Waals surface area (Å²) < 4.78 is 5.20. The molecule has 1 aliphatic heterocycles. The zero-order valence-corrected chi connectivity index (χ0v) is 5.79. The van der Waals surface area contributed by atoms with E-state index in [1.165, 1.54) is 11.1 Å². The van der Waals surface area contributed by atoms with Gasteiger partial charge >= 0.3 is 0 Å². The molecule has 0 bridgehead atoms. The van der Waals surface area contributed by atoms with Crippen LogP contribution in [0.25, 0.3) is 11.1 Å². The van der Waals surface area contributed by atoms with E-state index < -0.39 is 0 Å². The maximum Gasteiger partial charge on any atom is 0.108 e. The minimum absolute atomic E-state index is 0.988. The normalized spacial score (nSPS) is 10.5. The van der Waals surface area contributed by atoms with Crippen LogP contribution in [0.15, 0.2) is 34.9 Å². The standard InChI is InChI=1S/C9H8O/c1-7-9-4-2-3-8(9)5-6-10-7/h2-6H,1H3. The SMILES string of the molecule is Cc1occc2cccc1-2. The number of fused-ring (bicyclic) bond motifs is 1. The van der Waals surface area contributed by atoms with Crippen LogP contribution in [0.1, 0.15) is 5.76 Å². The van der Waals surface area contributed by atoms with Gasteiger partial charge in [0.05, 0.1) is 6.26 Å². The smallest absolute Gasteiger partial charge is 0.108 e. The third kappa shape index (κ3) is 0.637. The Morgan fingerprint density at radius 2 is 2.10 bits per heavy atom. The third-order valence-corrected chi connectivity index (χ3v) is 1.72. The Labute approximate surface area is 59.6 Å². The van der Waals surface area contributed by atoms with Crippen molar-refractivity contribution in [2.75, 3.05) is 0 Å². The van der Waals surface area contributed by atoms with Crippen molar-refractivity contribution in [2.45, 2.75) is 6.92 Å². The molecule has 0 radical (unpaired) electrons. The van der Waals surface area contributed by atoms with E-state index in [-0.39, 0.29) is 0 Å². The van der Waals surface area contributed by atoms with Crippen LogP contribution in [-0.2, 0) is 0 Å². The lowest BCUT2D eigenvalue weighted by molar-refractivity contribution is 0.519. The Balaban J connectivity index is 2.80. The van der Waals surface area contributed by atoms with Gasteiger partial charge in [-0.1, -0.05) is 18.2 Å². The van der Waals surface area contributed by atoms with Gasteiger partial charge in [0.25, 0.3) is 0 Å². The van der Waals surface area contributed by atoms with E-state index in [1.807, 2.05) is 19.1 Å². The Kier molecular flexibility index (Phi) is 1.04. The molecule has 0 aromatic rings. The summed E-state index contributed by atoms with van der Waals surface area (Å²) in [5.41, 5.74) is 2.46. The van der Waals surface area contributed by atoms with Gasteiger partial charge < -0.3 is 4.42 Å². The molecule has 0 aromatic heterocycles. The molecule has 0 amide bonds. The highest BCUT2D eigenvalue weighted by molar-refractivity contribution is 5.67. The van der Waals surface area contributed by atoms with Crippen molar-refractivity contribution >= 4 is 0 Å². The summed E-state index contributed by atoms with van der Waals surface area (Å²) in [7, 11) is 0. The lowest BCUT2D eigenvalue weighted by atomic mass is 10.1. The van der Waals surface area contributed by atoms with Gasteiger partial charge in [-0.15, -0.1) is 0 Å². The molecule has 0 atom stereocenters.